The molecule has 0 fully saturated rings. The minimum atomic E-state index is 0.875. The van der Waals surface area contributed by atoms with Gasteiger partial charge in [-0.15, -0.1) is 0 Å². The molecule has 0 N–H and O–H groups in total. The van der Waals surface area contributed by atoms with E-state index in [1.807, 2.05) is 12.2 Å². The lowest BCUT2D eigenvalue weighted by atomic mass is 10.1. The van der Waals surface area contributed by atoms with Crippen LogP contribution >= 0.6 is 0 Å². The molecule has 0 aromatic carbocycles. The van der Waals surface area contributed by atoms with E-state index in [4.69, 9.17) is 4.74 Å². The predicted octanol–water partition coefficient (Wildman–Crippen LogP) is 4.76. The molecule has 0 aliphatic heterocycles. The van der Waals surface area contributed by atoms with Gasteiger partial charge in [0.1, 0.15) is 0 Å². The highest BCUT2D eigenvalue weighted by atomic mass is 16.5. The van der Waals surface area contributed by atoms with Crippen molar-refractivity contribution in [2.24, 2.45) is 0 Å². The third-order valence-corrected chi connectivity index (χ3v) is 2.74. The molecule has 0 unspecified atom stereocenters. The van der Waals surface area contributed by atoms with Crippen LogP contribution in [0.15, 0.2) is 36.1 Å². The number of hydrogen-bond acceptors (Lipinski definition) is 1. The molecule has 0 saturated carbocycles. The van der Waals surface area contributed by atoms with Crippen molar-refractivity contribution in [3.63, 3.8) is 0 Å². The zero-order valence-corrected chi connectivity index (χ0v) is 10.5. The summed E-state index contributed by atoms with van der Waals surface area (Å²) in [6, 6.07) is 0. The Morgan fingerprint density at radius 2 is 1.81 bits per heavy atom. The van der Waals surface area contributed by atoms with Crippen molar-refractivity contribution in [1.82, 2.24) is 0 Å². The number of hydrogen-bond donors (Lipinski definition) is 0. The van der Waals surface area contributed by atoms with Crippen LogP contribution in [0.5, 0.6) is 0 Å². The molecule has 0 radical (unpaired) electrons. The molecule has 0 spiro atoms. The van der Waals surface area contributed by atoms with Gasteiger partial charge in [0.2, 0.25) is 0 Å². The Kier molecular flexibility index (Phi) is 7.57. The molecule has 1 aliphatic carbocycles. The number of unbranched alkanes of at least 4 members (excludes halogenated alkanes) is 5. The summed E-state index contributed by atoms with van der Waals surface area (Å²) in [4.78, 5) is 0. The highest BCUT2D eigenvalue weighted by Crippen LogP contribution is 2.10. The third-order valence-electron chi connectivity index (χ3n) is 2.74. The van der Waals surface area contributed by atoms with E-state index in [0.717, 1.165) is 18.8 Å². The fourth-order valence-electron chi connectivity index (χ4n) is 1.75. The molecule has 1 aliphatic rings. The third kappa shape index (κ3) is 6.49. The average Bonchev–Trinajstić information content (AvgIpc) is 2.56. The highest BCUT2D eigenvalue weighted by Gasteiger charge is 1.96. The predicted molar refractivity (Wildman–Crippen MR) is 70.3 cm³/mol. The quantitative estimate of drug-likeness (QED) is 0.536. The van der Waals surface area contributed by atoms with Crippen LogP contribution in [0.1, 0.15) is 51.9 Å². The fourth-order valence-corrected chi connectivity index (χ4v) is 1.75. The maximum absolute atomic E-state index is 5.73. The Morgan fingerprint density at radius 1 is 1.00 bits per heavy atom. The topological polar surface area (TPSA) is 9.23 Å². The summed E-state index contributed by atoms with van der Waals surface area (Å²) in [6.07, 6.45) is 19.2. The van der Waals surface area contributed by atoms with Crippen LogP contribution in [0, 0.1) is 0 Å². The fraction of sp³-hybridized carbons (Fsp3) is 0.600. The average molecular weight is 220 g/mol. The van der Waals surface area contributed by atoms with Crippen molar-refractivity contribution < 1.29 is 4.74 Å². The first kappa shape index (κ1) is 13.1. The van der Waals surface area contributed by atoms with Gasteiger partial charge < -0.3 is 4.74 Å². The minimum absolute atomic E-state index is 0.875. The Morgan fingerprint density at radius 3 is 2.69 bits per heavy atom. The summed E-state index contributed by atoms with van der Waals surface area (Å²) in [5.41, 5.74) is 0. The maximum atomic E-state index is 5.73. The van der Waals surface area contributed by atoms with Crippen LogP contribution < -0.4 is 0 Å². The summed E-state index contributed by atoms with van der Waals surface area (Å²) >= 11 is 0. The molecular formula is C15H24O. The molecule has 16 heavy (non-hydrogen) atoms. The Hall–Kier alpha value is -0.980. The molecule has 1 rings (SSSR count). The van der Waals surface area contributed by atoms with Gasteiger partial charge in [0.15, 0.2) is 0 Å². The first-order valence-corrected chi connectivity index (χ1v) is 6.58. The second kappa shape index (κ2) is 9.26. The van der Waals surface area contributed by atoms with E-state index in [1.54, 1.807) is 0 Å². The molecule has 0 saturated heterocycles. The molecule has 1 heteroatoms. The maximum Gasteiger partial charge on any atom is 0.0997 e. The normalized spacial score (nSPS) is 14.7. The van der Waals surface area contributed by atoms with E-state index < -0.39 is 0 Å². The van der Waals surface area contributed by atoms with Gasteiger partial charge in [0.05, 0.1) is 12.4 Å². The Balaban J connectivity index is 1.96. The Bertz CT molecular complexity index is 248. The number of ether oxygens (including phenoxy) is 1. The van der Waals surface area contributed by atoms with Crippen molar-refractivity contribution >= 4 is 0 Å². The number of rotatable bonds is 8. The van der Waals surface area contributed by atoms with E-state index in [0.29, 0.717) is 0 Å². The van der Waals surface area contributed by atoms with Crippen LogP contribution in [-0.4, -0.2) is 6.61 Å². The van der Waals surface area contributed by atoms with Crippen LogP contribution in [0.4, 0.5) is 0 Å². The Labute approximate surface area is 99.9 Å². The monoisotopic (exact) mass is 220 g/mol. The molecule has 0 heterocycles. The van der Waals surface area contributed by atoms with E-state index in [9.17, 15) is 0 Å². The highest BCUT2D eigenvalue weighted by molar-refractivity contribution is 5.19. The standard InChI is InChI=1S/C15H24O/c1-2-3-4-5-8-11-14-16-15-12-9-6-7-10-13-15/h6-7,9-10,12H,2-5,8,11,13-14H2,1H3. The molecule has 0 aromatic heterocycles. The summed E-state index contributed by atoms with van der Waals surface area (Å²) in [6.45, 7) is 3.13. The summed E-state index contributed by atoms with van der Waals surface area (Å²) in [5.74, 6) is 1.10. The SMILES string of the molecule is CCCCCCCCOC1=CC=CC=CC1. The molecule has 0 atom stereocenters. The summed E-state index contributed by atoms with van der Waals surface area (Å²) in [5, 5.41) is 0. The van der Waals surface area contributed by atoms with E-state index >= 15 is 0 Å². The number of allylic oxidation sites excluding steroid dienone is 5. The first-order valence-electron chi connectivity index (χ1n) is 6.58. The smallest absolute Gasteiger partial charge is 0.0997 e. The van der Waals surface area contributed by atoms with Gasteiger partial charge in [-0.25, -0.2) is 0 Å². The molecule has 0 bridgehead atoms. The summed E-state index contributed by atoms with van der Waals surface area (Å²) in [7, 11) is 0. The zero-order chi connectivity index (χ0) is 11.5. The van der Waals surface area contributed by atoms with Crippen molar-refractivity contribution in [2.75, 3.05) is 6.61 Å². The lowest BCUT2D eigenvalue weighted by Crippen LogP contribution is -1.94. The molecule has 90 valence electrons. The van der Waals surface area contributed by atoms with Crippen LogP contribution in [0.3, 0.4) is 0 Å². The van der Waals surface area contributed by atoms with E-state index in [1.165, 1.54) is 38.5 Å². The van der Waals surface area contributed by atoms with Crippen LogP contribution in [-0.2, 0) is 4.74 Å². The molecule has 1 nitrogen and oxygen atoms in total. The lowest BCUT2D eigenvalue weighted by molar-refractivity contribution is 0.201. The zero-order valence-electron chi connectivity index (χ0n) is 10.5. The van der Waals surface area contributed by atoms with Crippen LogP contribution in [0.25, 0.3) is 0 Å². The largest absolute Gasteiger partial charge is 0.498 e. The van der Waals surface area contributed by atoms with Crippen molar-refractivity contribution in [3.8, 4) is 0 Å². The molecular weight excluding hydrogens is 196 g/mol. The first-order chi connectivity index (χ1) is 7.93. The van der Waals surface area contributed by atoms with E-state index in [2.05, 4.69) is 25.2 Å². The van der Waals surface area contributed by atoms with Crippen molar-refractivity contribution in [3.05, 3.63) is 36.1 Å². The van der Waals surface area contributed by atoms with Gasteiger partial charge >= 0.3 is 0 Å². The second-order valence-electron chi connectivity index (χ2n) is 4.27. The van der Waals surface area contributed by atoms with Gasteiger partial charge in [-0.3, -0.25) is 0 Å². The second-order valence-corrected chi connectivity index (χ2v) is 4.27. The molecule has 0 aromatic rings. The van der Waals surface area contributed by atoms with Gasteiger partial charge in [-0.1, -0.05) is 63.3 Å². The minimum Gasteiger partial charge on any atom is -0.498 e. The molecule has 0 amide bonds. The lowest BCUT2D eigenvalue weighted by Gasteiger charge is -2.07. The van der Waals surface area contributed by atoms with Gasteiger partial charge in [-0.2, -0.15) is 0 Å². The van der Waals surface area contributed by atoms with Gasteiger partial charge in [0.25, 0.3) is 0 Å². The van der Waals surface area contributed by atoms with Crippen molar-refractivity contribution in [2.45, 2.75) is 51.9 Å². The van der Waals surface area contributed by atoms with Gasteiger partial charge in [0, 0.05) is 6.42 Å². The van der Waals surface area contributed by atoms with Crippen LogP contribution in [0.2, 0.25) is 0 Å². The summed E-state index contributed by atoms with van der Waals surface area (Å²) < 4.78 is 5.73. The van der Waals surface area contributed by atoms with Crippen molar-refractivity contribution in [1.29, 1.82) is 0 Å². The van der Waals surface area contributed by atoms with Gasteiger partial charge in [-0.05, 0) is 12.5 Å². The van der Waals surface area contributed by atoms with E-state index in [-0.39, 0.29) is 0 Å².